The van der Waals surface area contributed by atoms with Crippen LogP contribution in [0.1, 0.15) is 31.3 Å². The summed E-state index contributed by atoms with van der Waals surface area (Å²) in [7, 11) is -1.90. The molecule has 1 aromatic carbocycles. The zero-order valence-electron chi connectivity index (χ0n) is 12.5. The smallest absolute Gasteiger partial charge is 0.371 e. The molecule has 1 N–H and O–H groups in total. The van der Waals surface area contributed by atoms with Crippen LogP contribution >= 0.6 is 0 Å². The van der Waals surface area contributed by atoms with E-state index < -0.39 is 14.3 Å². The first kappa shape index (κ1) is 14.7. The van der Waals surface area contributed by atoms with Crippen molar-refractivity contribution in [1.29, 1.82) is 0 Å². The minimum atomic E-state index is -1.90. The van der Waals surface area contributed by atoms with Gasteiger partial charge in [-0.1, -0.05) is 20.8 Å². The average Bonchev–Trinajstić information content (AvgIpc) is 2.69. The Labute approximate surface area is 119 Å². The summed E-state index contributed by atoms with van der Waals surface area (Å²) in [6, 6.07) is 6.95. The van der Waals surface area contributed by atoms with Gasteiger partial charge in [0.1, 0.15) is 11.3 Å². The summed E-state index contributed by atoms with van der Waals surface area (Å²) < 4.78 is 11.4. The van der Waals surface area contributed by atoms with Gasteiger partial charge in [-0.25, -0.2) is 4.79 Å². The molecule has 2 rings (SSSR count). The highest BCUT2D eigenvalue weighted by Crippen LogP contribution is 2.38. The molecule has 0 aliphatic heterocycles. The number of benzene rings is 1. The van der Waals surface area contributed by atoms with Crippen molar-refractivity contribution >= 4 is 25.3 Å². The van der Waals surface area contributed by atoms with E-state index in [0.29, 0.717) is 5.58 Å². The molecule has 0 saturated heterocycles. The predicted octanol–water partition coefficient (Wildman–Crippen LogP) is 4.52. The standard InChI is InChI=1S/C15H20O4Si/c1-15(2,3)20(4,5)19-11-6-7-12-10(8-11)9-13(18-12)14(16)17/h6-9H,1-5H3,(H,16,17). The molecular weight excluding hydrogens is 272 g/mol. The van der Waals surface area contributed by atoms with Gasteiger partial charge < -0.3 is 13.9 Å². The van der Waals surface area contributed by atoms with Crippen molar-refractivity contribution < 1.29 is 18.7 Å². The number of carboxylic acid groups (broad SMARTS) is 1. The molecule has 20 heavy (non-hydrogen) atoms. The second kappa shape index (κ2) is 4.66. The van der Waals surface area contributed by atoms with Gasteiger partial charge in [0.05, 0.1) is 0 Å². The van der Waals surface area contributed by atoms with Crippen molar-refractivity contribution in [1.82, 2.24) is 0 Å². The summed E-state index contributed by atoms with van der Waals surface area (Å²) in [5.74, 6) is -0.348. The molecule has 0 amide bonds. The van der Waals surface area contributed by atoms with Crippen LogP contribution in [-0.4, -0.2) is 19.4 Å². The van der Waals surface area contributed by atoms with E-state index in [0.717, 1.165) is 11.1 Å². The summed E-state index contributed by atoms with van der Waals surface area (Å²) in [5.41, 5.74) is 0.560. The lowest BCUT2D eigenvalue weighted by Gasteiger charge is -2.36. The number of rotatable bonds is 3. The fourth-order valence-electron chi connectivity index (χ4n) is 1.64. The Kier molecular flexibility index (Phi) is 3.42. The van der Waals surface area contributed by atoms with E-state index in [1.54, 1.807) is 6.07 Å². The number of carbonyl (C=O) groups is 1. The van der Waals surface area contributed by atoms with Gasteiger partial charge in [0, 0.05) is 5.39 Å². The van der Waals surface area contributed by atoms with E-state index in [1.807, 2.05) is 12.1 Å². The van der Waals surface area contributed by atoms with Crippen LogP contribution in [0, 0.1) is 0 Å². The fourth-order valence-corrected chi connectivity index (χ4v) is 2.66. The van der Waals surface area contributed by atoms with E-state index in [-0.39, 0.29) is 10.8 Å². The lowest BCUT2D eigenvalue weighted by atomic mass is 10.2. The second-order valence-electron chi connectivity index (χ2n) is 6.48. The summed E-state index contributed by atoms with van der Waals surface area (Å²) in [6.45, 7) is 10.9. The van der Waals surface area contributed by atoms with Gasteiger partial charge in [-0.05, 0) is 42.4 Å². The molecular formula is C15H20O4Si. The largest absolute Gasteiger partial charge is 0.543 e. The molecule has 5 heteroatoms. The van der Waals surface area contributed by atoms with Gasteiger partial charge in [0.2, 0.25) is 14.1 Å². The Bertz CT molecular complexity index is 649. The first-order chi connectivity index (χ1) is 9.10. The lowest BCUT2D eigenvalue weighted by molar-refractivity contribution is 0.0665. The van der Waals surface area contributed by atoms with Gasteiger partial charge >= 0.3 is 5.97 Å². The van der Waals surface area contributed by atoms with Crippen molar-refractivity contribution in [2.75, 3.05) is 0 Å². The minimum Gasteiger partial charge on any atom is -0.543 e. The molecule has 4 nitrogen and oxygen atoms in total. The number of furan rings is 1. The molecule has 0 bridgehead atoms. The zero-order valence-corrected chi connectivity index (χ0v) is 13.5. The van der Waals surface area contributed by atoms with Crippen LogP contribution < -0.4 is 4.43 Å². The SMILES string of the molecule is CC(C)(C)[Si](C)(C)Oc1ccc2oc(C(=O)O)cc2c1. The molecule has 0 aliphatic carbocycles. The monoisotopic (exact) mass is 292 g/mol. The zero-order chi connectivity index (χ0) is 15.1. The molecule has 0 unspecified atom stereocenters. The Hall–Kier alpha value is -1.75. The minimum absolute atomic E-state index is 0.0514. The van der Waals surface area contributed by atoms with Crippen molar-refractivity contribution in [2.24, 2.45) is 0 Å². The molecule has 1 heterocycles. The van der Waals surface area contributed by atoms with Gasteiger partial charge in [0.15, 0.2) is 0 Å². The molecule has 0 radical (unpaired) electrons. The first-order valence-corrected chi connectivity index (χ1v) is 9.47. The van der Waals surface area contributed by atoms with Crippen LogP contribution in [0.2, 0.25) is 18.1 Å². The maximum atomic E-state index is 10.9. The Morgan fingerprint density at radius 3 is 2.45 bits per heavy atom. The molecule has 1 aromatic heterocycles. The summed E-state index contributed by atoms with van der Waals surface area (Å²) in [4.78, 5) is 10.9. The fraction of sp³-hybridized carbons (Fsp3) is 0.400. The number of carboxylic acids is 1. The number of aromatic carboxylic acids is 1. The van der Waals surface area contributed by atoms with Gasteiger partial charge in [0.25, 0.3) is 0 Å². The molecule has 108 valence electrons. The highest BCUT2D eigenvalue weighted by Gasteiger charge is 2.39. The third-order valence-corrected chi connectivity index (χ3v) is 8.24. The summed E-state index contributed by atoms with van der Waals surface area (Å²) in [6.07, 6.45) is 0. The van der Waals surface area contributed by atoms with Crippen LogP contribution in [0.3, 0.4) is 0 Å². The number of hydrogen-bond donors (Lipinski definition) is 1. The van der Waals surface area contributed by atoms with Crippen LogP contribution in [0.4, 0.5) is 0 Å². The molecule has 0 saturated carbocycles. The quantitative estimate of drug-likeness (QED) is 0.845. The Balaban J connectivity index is 2.35. The second-order valence-corrected chi connectivity index (χ2v) is 11.2. The van der Waals surface area contributed by atoms with E-state index in [1.165, 1.54) is 6.07 Å². The Morgan fingerprint density at radius 2 is 1.90 bits per heavy atom. The van der Waals surface area contributed by atoms with Gasteiger partial charge in [-0.3, -0.25) is 0 Å². The molecule has 2 aromatic rings. The van der Waals surface area contributed by atoms with E-state index in [2.05, 4.69) is 33.9 Å². The van der Waals surface area contributed by atoms with E-state index in [9.17, 15) is 4.79 Å². The van der Waals surface area contributed by atoms with Crippen LogP contribution in [0.25, 0.3) is 11.0 Å². The maximum Gasteiger partial charge on any atom is 0.371 e. The molecule has 0 fully saturated rings. The van der Waals surface area contributed by atoms with Crippen molar-refractivity contribution in [3.05, 3.63) is 30.0 Å². The van der Waals surface area contributed by atoms with Crippen LogP contribution in [0.15, 0.2) is 28.7 Å². The average molecular weight is 292 g/mol. The number of fused-ring (bicyclic) bond motifs is 1. The van der Waals surface area contributed by atoms with Gasteiger partial charge in [-0.15, -0.1) is 0 Å². The van der Waals surface area contributed by atoms with Crippen LogP contribution in [0.5, 0.6) is 5.75 Å². The summed E-state index contributed by atoms with van der Waals surface area (Å²) in [5, 5.41) is 9.79. The lowest BCUT2D eigenvalue weighted by Crippen LogP contribution is -2.43. The Morgan fingerprint density at radius 1 is 1.25 bits per heavy atom. The van der Waals surface area contributed by atoms with Crippen LogP contribution in [-0.2, 0) is 0 Å². The van der Waals surface area contributed by atoms with Gasteiger partial charge in [-0.2, -0.15) is 0 Å². The highest BCUT2D eigenvalue weighted by atomic mass is 28.4. The highest BCUT2D eigenvalue weighted by molar-refractivity contribution is 6.74. The van der Waals surface area contributed by atoms with E-state index in [4.69, 9.17) is 13.9 Å². The summed E-state index contributed by atoms with van der Waals surface area (Å²) >= 11 is 0. The third-order valence-electron chi connectivity index (χ3n) is 3.88. The van der Waals surface area contributed by atoms with Crippen molar-refractivity contribution in [3.8, 4) is 5.75 Å². The third kappa shape index (κ3) is 2.72. The molecule has 0 spiro atoms. The maximum absolute atomic E-state index is 10.9. The topological polar surface area (TPSA) is 59.7 Å². The van der Waals surface area contributed by atoms with Crippen molar-refractivity contribution in [2.45, 2.75) is 38.9 Å². The first-order valence-electron chi connectivity index (χ1n) is 6.56. The van der Waals surface area contributed by atoms with E-state index >= 15 is 0 Å². The normalized spacial score (nSPS) is 12.7. The van der Waals surface area contributed by atoms with Crippen molar-refractivity contribution in [3.63, 3.8) is 0 Å². The predicted molar refractivity (Wildman–Crippen MR) is 81.0 cm³/mol. The molecule has 0 aliphatic rings. The number of hydrogen-bond acceptors (Lipinski definition) is 3. The molecule has 0 atom stereocenters.